The summed E-state index contributed by atoms with van der Waals surface area (Å²) in [6.45, 7) is 2.07. The molecule has 0 unspecified atom stereocenters. The van der Waals surface area contributed by atoms with Crippen LogP contribution in [0.2, 0.25) is 5.02 Å². The number of carbonyl (C=O) groups is 1. The summed E-state index contributed by atoms with van der Waals surface area (Å²) < 4.78 is 0. The maximum absolute atomic E-state index is 12.0. The molecule has 0 bridgehead atoms. The zero-order chi connectivity index (χ0) is 15.1. The number of likely N-dealkylation sites (N-methyl/N-ethyl adjacent to an activating group) is 1. The highest BCUT2D eigenvalue weighted by Gasteiger charge is 2.12. The van der Waals surface area contributed by atoms with E-state index in [4.69, 9.17) is 22.0 Å². The van der Waals surface area contributed by atoms with Crippen molar-refractivity contribution in [3.05, 3.63) is 40.6 Å². The van der Waals surface area contributed by atoms with E-state index >= 15 is 0 Å². The van der Waals surface area contributed by atoms with Crippen LogP contribution in [0.3, 0.4) is 0 Å². The molecular weight excluding hydrogens is 278 g/mol. The Morgan fingerprint density at radius 1 is 1.60 bits per heavy atom. The van der Waals surface area contributed by atoms with Crippen LogP contribution >= 0.6 is 11.6 Å². The molecule has 1 rings (SSSR count). The van der Waals surface area contributed by atoms with Gasteiger partial charge in [-0.15, -0.1) is 0 Å². The summed E-state index contributed by atoms with van der Waals surface area (Å²) in [5.41, 5.74) is 1.26. The van der Waals surface area contributed by atoms with E-state index < -0.39 is 5.91 Å². The van der Waals surface area contributed by atoms with Gasteiger partial charge in [-0.05, 0) is 24.6 Å². The number of rotatable bonds is 5. The highest BCUT2D eigenvalue weighted by Crippen LogP contribution is 2.23. The molecule has 0 aliphatic rings. The van der Waals surface area contributed by atoms with Gasteiger partial charge in [0.25, 0.3) is 5.91 Å². The van der Waals surface area contributed by atoms with Crippen molar-refractivity contribution in [3.63, 3.8) is 0 Å². The first-order valence-electron chi connectivity index (χ1n) is 5.99. The summed E-state index contributed by atoms with van der Waals surface area (Å²) in [6, 6.07) is 7.00. The smallest absolute Gasteiger partial charge is 0.267 e. The van der Waals surface area contributed by atoms with E-state index in [2.05, 4.69) is 5.32 Å². The first-order valence-corrected chi connectivity index (χ1v) is 6.37. The van der Waals surface area contributed by atoms with E-state index in [-0.39, 0.29) is 12.2 Å². The third-order valence-corrected chi connectivity index (χ3v) is 3.09. The van der Waals surface area contributed by atoms with Gasteiger partial charge in [-0.1, -0.05) is 17.7 Å². The Labute approximate surface area is 123 Å². The van der Waals surface area contributed by atoms with Crippen LogP contribution in [0.1, 0.15) is 5.56 Å². The van der Waals surface area contributed by atoms with Crippen molar-refractivity contribution in [1.82, 2.24) is 4.90 Å². The fourth-order valence-electron chi connectivity index (χ4n) is 1.51. The predicted octanol–water partition coefficient (Wildman–Crippen LogP) is 1.92. The van der Waals surface area contributed by atoms with E-state index in [1.54, 1.807) is 37.1 Å². The van der Waals surface area contributed by atoms with Crippen molar-refractivity contribution >= 4 is 23.2 Å². The van der Waals surface area contributed by atoms with E-state index in [1.165, 1.54) is 6.20 Å². The molecule has 0 aromatic heterocycles. The maximum atomic E-state index is 12.0. The number of aliphatic hydroxyl groups is 1. The quantitative estimate of drug-likeness (QED) is 0.642. The van der Waals surface area contributed by atoms with Gasteiger partial charge in [0.15, 0.2) is 0 Å². The second-order valence-corrected chi connectivity index (χ2v) is 4.63. The number of amides is 1. The average Bonchev–Trinajstić information content (AvgIpc) is 2.41. The average molecular weight is 294 g/mol. The zero-order valence-electron chi connectivity index (χ0n) is 11.4. The molecule has 0 spiro atoms. The molecule has 5 nitrogen and oxygen atoms in total. The van der Waals surface area contributed by atoms with Crippen LogP contribution in [-0.2, 0) is 4.79 Å². The molecule has 1 aromatic carbocycles. The Morgan fingerprint density at radius 3 is 2.90 bits per heavy atom. The monoisotopic (exact) mass is 293 g/mol. The minimum absolute atomic E-state index is 0.0414. The van der Waals surface area contributed by atoms with Gasteiger partial charge in [-0.25, -0.2) is 0 Å². The molecule has 1 aromatic rings. The minimum atomic E-state index is -0.511. The molecule has 106 valence electrons. The van der Waals surface area contributed by atoms with Crippen LogP contribution in [0, 0.1) is 18.3 Å². The van der Waals surface area contributed by atoms with Crippen LogP contribution in [0.5, 0.6) is 0 Å². The number of benzene rings is 1. The fraction of sp³-hybridized carbons (Fsp3) is 0.286. The molecule has 6 heteroatoms. The standard InChI is InChI=1S/C14H16ClN3O2/c1-10-12(15)4-3-5-13(10)17-14(20)11(8-16)9-18(2)6-7-19/h3-5,9,19H,6-7H2,1-2H3,(H,17,20)/b11-9-. The van der Waals surface area contributed by atoms with Gasteiger partial charge in [0.1, 0.15) is 11.6 Å². The second-order valence-electron chi connectivity index (χ2n) is 4.23. The Kier molecular flexibility index (Phi) is 6.04. The van der Waals surface area contributed by atoms with Crippen molar-refractivity contribution in [1.29, 1.82) is 5.26 Å². The Hall–Kier alpha value is -2.03. The summed E-state index contributed by atoms with van der Waals surface area (Å²) >= 11 is 5.97. The number of carbonyl (C=O) groups excluding carboxylic acids is 1. The third-order valence-electron chi connectivity index (χ3n) is 2.68. The summed E-state index contributed by atoms with van der Waals surface area (Å²) in [4.78, 5) is 13.6. The Morgan fingerprint density at radius 2 is 2.30 bits per heavy atom. The van der Waals surface area contributed by atoms with Crippen LogP contribution < -0.4 is 5.32 Å². The predicted molar refractivity (Wildman–Crippen MR) is 78.2 cm³/mol. The highest BCUT2D eigenvalue weighted by atomic mass is 35.5. The minimum Gasteiger partial charge on any atom is -0.395 e. The number of aliphatic hydroxyl groups excluding tert-OH is 1. The van der Waals surface area contributed by atoms with Crippen LogP contribution in [0.15, 0.2) is 30.0 Å². The van der Waals surface area contributed by atoms with Gasteiger partial charge in [0.2, 0.25) is 0 Å². The molecule has 0 atom stereocenters. The van der Waals surface area contributed by atoms with Crippen molar-refractivity contribution in [2.24, 2.45) is 0 Å². The molecule has 0 aliphatic carbocycles. The van der Waals surface area contributed by atoms with Gasteiger partial charge < -0.3 is 15.3 Å². The lowest BCUT2D eigenvalue weighted by Crippen LogP contribution is -2.20. The van der Waals surface area contributed by atoms with E-state index in [0.29, 0.717) is 17.3 Å². The van der Waals surface area contributed by atoms with Crippen molar-refractivity contribution in [2.45, 2.75) is 6.92 Å². The van der Waals surface area contributed by atoms with Crippen molar-refractivity contribution in [3.8, 4) is 6.07 Å². The SMILES string of the molecule is Cc1c(Cl)cccc1NC(=O)/C(C#N)=C\N(C)CCO. The lowest BCUT2D eigenvalue weighted by Gasteiger charge is -2.13. The number of hydrogen-bond acceptors (Lipinski definition) is 4. The summed E-state index contributed by atoms with van der Waals surface area (Å²) in [7, 11) is 1.67. The molecule has 0 saturated heterocycles. The molecule has 1 amide bonds. The van der Waals surface area contributed by atoms with Gasteiger partial charge in [0.05, 0.1) is 6.61 Å². The number of halogens is 1. The summed E-state index contributed by atoms with van der Waals surface area (Å²) in [5.74, 6) is -0.511. The molecular formula is C14H16ClN3O2. The Bertz CT molecular complexity index is 564. The number of nitrogens with one attached hydrogen (secondary N) is 1. The number of nitriles is 1. The normalized spacial score (nSPS) is 10.8. The number of hydrogen-bond donors (Lipinski definition) is 2. The van der Waals surface area contributed by atoms with E-state index in [0.717, 1.165) is 5.56 Å². The zero-order valence-corrected chi connectivity index (χ0v) is 12.1. The Balaban J connectivity index is 2.89. The maximum Gasteiger partial charge on any atom is 0.267 e. The molecule has 0 aliphatic heterocycles. The van der Waals surface area contributed by atoms with Gasteiger partial charge in [-0.3, -0.25) is 4.79 Å². The number of nitrogens with zero attached hydrogens (tertiary/aromatic N) is 2. The molecule has 0 heterocycles. The fourth-order valence-corrected chi connectivity index (χ4v) is 1.69. The van der Waals surface area contributed by atoms with Crippen LogP contribution in [0.4, 0.5) is 5.69 Å². The molecule has 2 N–H and O–H groups in total. The van der Waals surface area contributed by atoms with Crippen molar-refractivity contribution < 1.29 is 9.90 Å². The molecule has 0 fully saturated rings. The second kappa shape index (κ2) is 7.53. The van der Waals surface area contributed by atoms with E-state index in [1.807, 2.05) is 6.07 Å². The van der Waals surface area contributed by atoms with Crippen LogP contribution in [0.25, 0.3) is 0 Å². The molecule has 0 radical (unpaired) electrons. The van der Waals surface area contributed by atoms with Gasteiger partial charge in [0, 0.05) is 30.5 Å². The summed E-state index contributed by atoms with van der Waals surface area (Å²) in [5, 5.41) is 21.0. The van der Waals surface area contributed by atoms with Gasteiger partial charge in [-0.2, -0.15) is 5.26 Å². The number of anilines is 1. The first-order chi connectivity index (χ1) is 9.49. The highest BCUT2D eigenvalue weighted by molar-refractivity contribution is 6.31. The third kappa shape index (κ3) is 4.26. The summed E-state index contributed by atoms with van der Waals surface area (Å²) in [6.07, 6.45) is 1.39. The van der Waals surface area contributed by atoms with Crippen molar-refractivity contribution in [2.75, 3.05) is 25.5 Å². The molecule has 0 saturated carbocycles. The van der Waals surface area contributed by atoms with Crippen LogP contribution in [-0.4, -0.2) is 36.1 Å². The lowest BCUT2D eigenvalue weighted by atomic mass is 10.2. The lowest BCUT2D eigenvalue weighted by molar-refractivity contribution is -0.112. The van der Waals surface area contributed by atoms with E-state index in [9.17, 15) is 4.79 Å². The first kappa shape index (κ1) is 16.0. The largest absolute Gasteiger partial charge is 0.395 e. The molecule has 20 heavy (non-hydrogen) atoms. The topological polar surface area (TPSA) is 76.4 Å². The van der Waals surface area contributed by atoms with Gasteiger partial charge >= 0.3 is 0 Å².